The highest BCUT2D eigenvalue weighted by Gasteiger charge is 2.35. The number of carbonyl (C=O) groups excluding carboxylic acids is 1. The number of fused-ring (bicyclic) bond motifs is 1. The number of aliphatic carboxylic acids is 1. The second-order valence-corrected chi connectivity index (χ2v) is 8.63. The fraction of sp³-hybridized carbons (Fsp3) is 0.417. The highest BCUT2D eigenvalue weighted by molar-refractivity contribution is 7.98. The molecule has 1 heterocycles. The SMILES string of the molecule is COc1ccc([C@H]2c3cc(OC)c(OC)cc3CCN2C(=O)N[C@@H](CCSC)C(=O)O)cc1. The number of thioether (sulfide) groups is 1. The van der Waals surface area contributed by atoms with Crippen LogP contribution in [0.15, 0.2) is 36.4 Å². The van der Waals surface area contributed by atoms with Crippen LogP contribution in [0.5, 0.6) is 17.2 Å². The number of hydrogen-bond acceptors (Lipinski definition) is 6. The first-order valence-corrected chi connectivity index (χ1v) is 12.0. The van der Waals surface area contributed by atoms with Crippen molar-refractivity contribution in [2.24, 2.45) is 0 Å². The molecule has 9 heteroatoms. The van der Waals surface area contributed by atoms with Crippen molar-refractivity contribution in [2.45, 2.75) is 24.9 Å². The molecule has 0 bridgehead atoms. The predicted molar refractivity (Wildman–Crippen MR) is 128 cm³/mol. The molecule has 1 aliphatic heterocycles. The van der Waals surface area contributed by atoms with Crippen molar-refractivity contribution in [1.29, 1.82) is 0 Å². The zero-order valence-corrected chi connectivity index (χ0v) is 20.1. The van der Waals surface area contributed by atoms with E-state index in [-0.39, 0.29) is 0 Å². The number of hydrogen-bond donors (Lipinski definition) is 2. The lowest BCUT2D eigenvalue weighted by Crippen LogP contribution is -2.51. The molecule has 0 radical (unpaired) electrons. The van der Waals surface area contributed by atoms with E-state index in [1.165, 1.54) is 0 Å². The lowest BCUT2D eigenvalue weighted by atomic mass is 9.87. The number of carboxylic acid groups (broad SMARTS) is 1. The third-order valence-electron chi connectivity index (χ3n) is 5.77. The zero-order chi connectivity index (χ0) is 24.0. The Morgan fingerprint density at radius 3 is 2.36 bits per heavy atom. The number of nitrogens with zero attached hydrogens (tertiary/aromatic N) is 1. The van der Waals surface area contributed by atoms with Crippen LogP contribution < -0.4 is 19.5 Å². The number of amides is 2. The molecule has 2 amide bonds. The number of carboxylic acids is 1. The highest BCUT2D eigenvalue weighted by Crippen LogP contribution is 2.41. The summed E-state index contributed by atoms with van der Waals surface area (Å²) in [6, 6.07) is 9.57. The fourth-order valence-electron chi connectivity index (χ4n) is 4.04. The van der Waals surface area contributed by atoms with Crippen LogP contribution in [0.1, 0.15) is 29.2 Å². The molecular weight excluding hydrogens is 444 g/mol. The molecular formula is C24H30N2O6S. The van der Waals surface area contributed by atoms with Gasteiger partial charge in [-0.05, 0) is 65.8 Å². The Labute approximate surface area is 198 Å². The van der Waals surface area contributed by atoms with Gasteiger partial charge in [-0.2, -0.15) is 11.8 Å². The topological polar surface area (TPSA) is 97.3 Å². The minimum Gasteiger partial charge on any atom is -0.497 e. The zero-order valence-electron chi connectivity index (χ0n) is 19.3. The van der Waals surface area contributed by atoms with Gasteiger partial charge in [-0.3, -0.25) is 0 Å². The van der Waals surface area contributed by atoms with Crippen molar-refractivity contribution in [2.75, 3.05) is 39.9 Å². The Bertz CT molecular complexity index is 982. The van der Waals surface area contributed by atoms with Crippen LogP contribution in [0.25, 0.3) is 0 Å². The molecule has 2 atom stereocenters. The average Bonchev–Trinajstić information content (AvgIpc) is 2.84. The third kappa shape index (κ3) is 5.47. The number of urea groups is 1. The van der Waals surface area contributed by atoms with Crippen molar-refractivity contribution >= 4 is 23.8 Å². The van der Waals surface area contributed by atoms with Crippen molar-refractivity contribution in [3.05, 3.63) is 53.1 Å². The van der Waals surface area contributed by atoms with E-state index < -0.39 is 24.1 Å². The Balaban J connectivity index is 2.02. The van der Waals surface area contributed by atoms with E-state index in [0.29, 0.717) is 42.4 Å². The second kappa shape index (κ2) is 11.2. The lowest BCUT2D eigenvalue weighted by molar-refractivity contribution is -0.139. The lowest BCUT2D eigenvalue weighted by Gasteiger charge is -2.38. The smallest absolute Gasteiger partial charge is 0.326 e. The highest BCUT2D eigenvalue weighted by atomic mass is 32.2. The van der Waals surface area contributed by atoms with Gasteiger partial charge in [-0.15, -0.1) is 0 Å². The standard InChI is InChI=1S/C24H30N2O6S/c1-30-17-7-5-15(6-8-17)22-18-14-21(32-3)20(31-2)13-16(18)9-11-26(22)24(29)25-19(23(27)28)10-12-33-4/h5-8,13-14,19,22H,9-12H2,1-4H3,(H,25,29)(H,27,28)/t19-,22-/m0/s1. The molecule has 0 saturated heterocycles. The molecule has 2 N–H and O–H groups in total. The molecule has 1 aliphatic rings. The average molecular weight is 475 g/mol. The van der Waals surface area contributed by atoms with Crippen molar-refractivity contribution in [3.63, 3.8) is 0 Å². The number of ether oxygens (including phenoxy) is 3. The van der Waals surface area contributed by atoms with Crippen molar-refractivity contribution < 1.29 is 28.9 Å². The quantitative estimate of drug-likeness (QED) is 0.573. The minimum atomic E-state index is -1.04. The Kier molecular flexibility index (Phi) is 8.32. The summed E-state index contributed by atoms with van der Waals surface area (Å²) < 4.78 is 16.3. The monoisotopic (exact) mass is 474 g/mol. The molecule has 0 spiro atoms. The summed E-state index contributed by atoms with van der Waals surface area (Å²) in [6.07, 6.45) is 2.87. The van der Waals surface area contributed by atoms with Gasteiger partial charge in [0.2, 0.25) is 0 Å². The molecule has 0 aromatic heterocycles. The number of nitrogens with one attached hydrogen (secondary N) is 1. The molecule has 33 heavy (non-hydrogen) atoms. The van der Waals surface area contributed by atoms with E-state index in [2.05, 4.69) is 5.32 Å². The first kappa shape index (κ1) is 24.6. The van der Waals surface area contributed by atoms with Gasteiger partial charge in [0, 0.05) is 6.54 Å². The molecule has 0 unspecified atom stereocenters. The van der Waals surface area contributed by atoms with Gasteiger partial charge in [-0.25, -0.2) is 9.59 Å². The van der Waals surface area contributed by atoms with Crippen molar-refractivity contribution in [3.8, 4) is 17.2 Å². The number of rotatable bonds is 9. The molecule has 3 rings (SSSR count). The van der Waals surface area contributed by atoms with Crippen LogP contribution in [-0.4, -0.2) is 67.9 Å². The molecule has 8 nitrogen and oxygen atoms in total. The molecule has 2 aromatic rings. The summed E-state index contributed by atoms with van der Waals surface area (Å²) in [4.78, 5) is 26.7. The van der Waals surface area contributed by atoms with Crippen LogP contribution in [0.4, 0.5) is 4.79 Å². The minimum absolute atomic E-state index is 0.352. The summed E-state index contributed by atoms with van der Waals surface area (Å²) in [7, 11) is 4.76. The largest absolute Gasteiger partial charge is 0.497 e. The molecule has 0 saturated carbocycles. The molecule has 0 fully saturated rings. The van der Waals surface area contributed by atoms with Crippen molar-refractivity contribution in [1.82, 2.24) is 10.2 Å². The van der Waals surface area contributed by atoms with Gasteiger partial charge < -0.3 is 29.5 Å². The van der Waals surface area contributed by atoms with Gasteiger partial charge in [-0.1, -0.05) is 12.1 Å². The maximum atomic E-state index is 13.3. The molecule has 0 aliphatic carbocycles. The second-order valence-electron chi connectivity index (χ2n) is 7.65. The Hall–Kier alpha value is -3.07. The van der Waals surface area contributed by atoms with E-state index in [1.807, 2.05) is 42.7 Å². The third-order valence-corrected chi connectivity index (χ3v) is 6.42. The number of methoxy groups -OCH3 is 3. The molecule has 178 valence electrons. The fourth-order valence-corrected chi connectivity index (χ4v) is 4.51. The summed E-state index contributed by atoms with van der Waals surface area (Å²) in [5.41, 5.74) is 2.85. The van der Waals surface area contributed by atoms with Crippen LogP contribution in [-0.2, 0) is 11.2 Å². The summed E-state index contributed by atoms with van der Waals surface area (Å²) >= 11 is 1.54. The van der Waals surface area contributed by atoms with Gasteiger partial charge in [0.15, 0.2) is 11.5 Å². The van der Waals surface area contributed by atoms with E-state index in [1.54, 1.807) is 38.0 Å². The predicted octanol–water partition coefficient (Wildman–Crippen LogP) is 3.58. The summed E-state index contributed by atoms with van der Waals surface area (Å²) in [6.45, 7) is 0.430. The van der Waals surface area contributed by atoms with Gasteiger partial charge in [0.25, 0.3) is 0 Å². The van der Waals surface area contributed by atoms with Crippen LogP contribution >= 0.6 is 11.8 Å². The maximum absolute atomic E-state index is 13.3. The van der Waals surface area contributed by atoms with E-state index in [0.717, 1.165) is 16.7 Å². The van der Waals surface area contributed by atoms with E-state index in [4.69, 9.17) is 14.2 Å². The number of carbonyl (C=O) groups is 2. The summed E-state index contributed by atoms with van der Waals surface area (Å²) in [5, 5.41) is 12.3. The van der Waals surface area contributed by atoms with Gasteiger partial charge in [0.05, 0.1) is 27.4 Å². The Morgan fingerprint density at radius 1 is 1.12 bits per heavy atom. The first-order valence-electron chi connectivity index (χ1n) is 10.6. The van der Waals surface area contributed by atoms with Crippen LogP contribution in [0, 0.1) is 0 Å². The van der Waals surface area contributed by atoms with Crippen LogP contribution in [0.3, 0.4) is 0 Å². The van der Waals surface area contributed by atoms with Gasteiger partial charge in [0.1, 0.15) is 11.8 Å². The molecule has 2 aromatic carbocycles. The normalized spacial score (nSPS) is 15.9. The maximum Gasteiger partial charge on any atom is 0.326 e. The Morgan fingerprint density at radius 2 is 1.79 bits per heavy atom. The number of benzene rings is 2. The summed E-state index contributed by atoms with van der Waals surface area (Å²) in [5.74, 6) is 1.51. The van der Waals surface area contributed by atoms with E-state index >= 15 is 0 Å². The van der Waals surface area contributed by atoms with Gasteiger partial charge >= 0.3 is 12.0 Å². The van der Waals surface area contributed by atoms with E-state index in [9.17, 15) is 14.7 Å². The first-order chi connectivity index (χ1) is 15.9. The van der Waals surface area contributed by atoms with Crippen LogP contribution in [0.2, 0.25) is 0 Å².